The number of aliphatic hydroxyl groups excluding tert-OH is 1. The highest BCUT2D eigenvalue weighted by Crippen LogP contribution is 2.31. The van der Waals surface area contributed by atoms with Crippen molar-refractivity contribution in [1.29, 1.82) is 0 Å². The van der Waals surface area contributed by atoms with Crippen LogP contribution in [0.25, 0.3) is 0 Å². The minimum atomic E-state index is -2.66. The second-order valence-corrected chi connectivity index (χ2v) is 3.68. The van der Waals surface area contributed by atoms with Gasteiger partial charge in [-0.1, -0.05) is 20.8 Å². The monoisotopic (exact) mass is 219 g/mol. The van der Waals surface area contributed by atoms with Crippen LogP contribution < -0.4 is 0 Å². The molecule has 0 amide bonds. The van der Waals surface area contributed by atoms with Gasteiger partial charge in [0.1, 0.15) is 17.6 Å². The van der Waals surface area contributed by atoms with Crippen LogP contribution in [0.4, 0.5) is 8.78 Å². The fraction of sp³-hybridized carbons (Fsp3) is 0.700. The van der Waals surface area contributed by atoms with Crippen molar-refractivity contribution in [2.75, 3.05) is 0 Å². The first-order valence-electron chi connectivity index (χ1n) is 4.94. The maximum absolute atomic E-state index is 12.6. The van der Waals surface area contributed by atoms with Crippen LogP contribution in [-0.2, 0) is 0 Å². The van der Waals surface area contributed by atoms with E-state index in [9.17, 15) is 13.9 Å². The van der Waals surface area contributed by atoms with Gasteiger partial charge in [0.15, 0.2) is 0 Å². The molecule has 15 heavy (non-hydrogen) atoms. The van der Waals surface area contributed by atoms with Gasteiger partial charge < -0.3 is 9.52 Å². The van der Waals surface area contributed by atoms with Crippen LogP contribution in [0.5, 0.6) is 0 Å². The van der Waals surface area contributed by atoms with Crippen LogP contribution in [0.3, 0.4) is 0 Å². The Labute approximate surface area is 87.1 Å². The normalized spacial score (nSPS) is 13.9. The molecule has 0 fully saturated rings. The average molecular weight is 219 g/mol. The van der Waals surface area contributed by atoms with Gasteiger partial charge in [-0.15, -0.1) is 0 Å². The standard InChI is InChI=1S/C10H15F2NO2/c1-4-6(14)10-13-7(9(11)12)8(15-10)5(2)3/h5-6,9,14H,4H2,1-3H3. The van der Waals surface area contributed by atoms with Gasteiger partial charge in [0, 0.05) is 5.92 Å². The van der Waals surface area contributed by atoms with Gasteiger partial charge in [0.05, 0.1) is 0 Å². The molecule has 1 atom stereocenters. The Morgan fingerprint density at radius 2 is 2.00 bits per heavy atom. The highest BCUT2D eigenvalue weighted by atomic mass is 19.3. The summed E-state index contributed by atoms with van der Waals surface area (Å²) >= 11 is 0. The van der Waals surface area contributed by atoms with Crippen LogP contribution in [-0.4, -0.2) is 10.1 Å². The van der Waals surface area contributed by atoms with E-state index < -0.39 is 12.5 Å². The Bertz CT molecular complexity index is 298. The Hall–Kier alpha value is -0.970. The summed E-state index contributed by atoms with van der Waals surface area (Å²) < 4.78 is 30.3. The van der Waals surface area contributed by atoms with Gasteiger partial charge in [-0.25, -0.2) is 13.8 Å². The zero-order valence-corrected chi connectivity index (χ0v) is 9.00. The van der Waals surface area contributed by atoms with Crippen LogP contribution in [0.2, 0.25) is 0 Å². The van der Waals surface area contributed by atoms with Gasteiger partial charge in [0.2, 0.25) is 5.89 Å². The molecule has 86 valence electrons. The summed E-state index contributed by atoms with van der Waals surface area (Å²) in [7, 11) is 0. The molecule has 1 unspecified atom stereocenters. The third-order valence-corrected chi connectivity index (χ3v) is 2.10. The molecule has 1 heterocycles. The minimum absolute atomic E-state index is 0.0171. The lowest BCUT2D eigenvalue weighted by Crippen LogP contribution is -1.96. The molecule has 1 N–H and O–H groups in total. The van der Waals surface area contributed by atoms with E-state index in [0.29, 0.717) is 6.42 Å². The molecule has 1 rings (SSSR count). The highest BCUT2D eigenvalue weighted by Gasteiger charge is 2.25. The number of nitrogens with zero attached hydrogens (tertiary/aromatic N) is 1. The number of aromatic nitrogens is 1. The van der Waals surface area contributed by atoms with Crippen LogP contribution in [0.1, 0.15) is 63.0 Å². The summed E-state index contributed by atoms with van der Waals surface area (Å²) in [6.45, 7) is 5.22. The summed E-state index contributed by atoms with van der Waals surface area (Å²) in [6, 6.07) is 0. The lowest BCUT2D eigenvalue weighted by molar-refractivity contribution is 0.137. The van der Waals surface area contributed by atoms with Gasteiger partial charge >= 0.3 is 0 Å². The number of aliphatic hydroxyl groups is 1. The predicted molar refractivity (Wildman–Crippen MR) is 50.8 cm³/mol. The van der Waals surface area contributed by atoms with Crippen molar-refractivity contribution >= 4 is 0 Å². The molecular weight excluding hydrogens is 204 g/mol. The van der Waals surface area contributed by atoms with Gasteiger partial charge in [-0.2, -0.15) is 0 Å². The molecule has 1 aromatic rings. The molecule has 0 saturated heterocycles. The Balaban J connectivity index is 3.09. The van der Waals surface area contributed by atoms with E-state index in [1.54, 1.807) is 20.8 Å². The maximum Gasteiger partial charge on any atom is 0.283 e. The predicted octanol–water partition coefficient (Wildman–Crippen LogP) is 3.18. The van der Waals surface area contributed by atoms with Crippen molar-refractivity contribution < 1.29 is 18.3 Å². The van der Waals surface area contributed by atoms with Crippen LogP contribution >= 0.6 is 0 Å². The van der Waals surface area contributed by atoms with E-state index in [4.69, 9.17) is 4.42 Å². The number of oxazole rings is 1. The summed E-state index contributed by atoms with van der Waals surface area (Å²) in [4.78, 5) is 3.64. The average Bonchev–Trinajstić information content (AvgIpc) is 2.61. The summed E-state index contributed by atoms with van der Waals surface area (Å²) in [5.74, 6) is -0.0247. The summed E-state index contributed by atoms with van der Waals surface area (Å²) in [5, 5.41) is 9.43. The second kappa shape index (κ2) is 4.70. The Morgan fingerprint density at radius 3 is 2.33 bits per heavy atom. The van der Waals surface area contributed by atoms with Crippen molar-refractivity contribution in [1.82, 2.24) is 4.98 Å². The largest absolute Gasteiger partial charge is 0.442 e. The number of hydrogen-bond donors (Lipinski definition) is 1. The van der Waals surface area contributed by atoms with Gasteiger partial charge in [0.25, 0.3) is 6.43 Å². The smallest absolute Gasteiger partial charge is 0.283 e. The molecule has 5 heteroatoms. The van der Waals surface area contributed by atoms with E-state index >= 15 is 0 Å². The molecular formula is C10H15F2NO2. The van der Waals surface area contributed by atoms with Gasteiger partial charge in [-0.3, -0.25) is 0 Å². The topological polar surface area (TPSA) is 46.3 Å². The van der Waals surface area contributed by atoms with Crippen LogP contribution in [0.15, 0.2) is 4.42 Å². The summed E-state index contributed by atoms with van der Waals surface area (Å²) in [5.41, 5.74) is -0.354. The molecule has 1 aromatic heterocycles. The number of rotatable bonds is 4. The van der Waals surface area contributed by atoms with Crippen molar-refractivity contribution in [3.05, 3.63) is 17.3 Å². The number of halogens is 2. The molecule has 0 radical (unpaired) electrons. The minimum Gasteiger partial charge on any atom is -0.442 e. The molecule has 0 bridgehead atoms. The first kappa shape index (κ1) is 12.1. The lowest BCUT2D eigenvalue weighted by atomic mass is 10.1. The fourth-order valence-corrected chi connectivity index (χ4v) is 1.25. The molecule has 0 aliphatic heterocycles. The number of alkyl halides is 2. The molecule has 0 aliphatic carbocycles. The zero-order valence-electron chi connectivity index (χ0n) is 9.00. The van der Waals surface area contributed by atoms with E-state index in [0.717, 1.165) is 0 Å². The number of hydrogen-bond acceptors (Lipinski definition) is 3. The Kier molecular flexibility index (Phi) is 3.79. The molecule has 3 nitrogen and oxygen atoms in total. The third kappa shape index (κ3) is 2.53. The second-order valence-electron chi connectivity index (χ2n) is 3.68. The highest BCUT2D eigenvalue weighted by molar-refractivity contribution is 5.15. The molecule has 0 aliphatic rings. The van der Waals surface area contributed by atoms with Crippen molar-refractivity contribution in [2.45, 2.75) is 45.6 Å². The third-order valence-electron chi connectivity index (χ3n) is 2.10. The quantitative estimate of drug-likeness (QED) is 0.845. The molecule has 0 aromatic carbocycles. The van der Waals surface area contributed by atoms with E-state index in [2.05, 4.69) is 4.98 Å². The first-order valence-corrected chi connectivity index (χ1v) is 4.94. The Morgan fingerprint density at radius 1 is 1.40 bits per heavy atom. The van der Waals surface area contributed by atoms with E-state index in [1.807, 2.05) is 0 Å². The van der Waals surface area contributed by atoms with Crippen molar-refractivity contribution in [3.63, 3.8) is 0 Å². The maximum atomic E-state index is 12.6. The summed E-state index contributed by atoms with van der Waals surface area (Å²) in [6.07, 6.45) is -3.18. The van der Waals surface area contributed by atoms with Crippen molar-refractivity contribution in [3.8, 4) is 0 Å². The van der Waals surface area contributed by atoms with Gasteiger partial charge in [-0.05, 0) is 6.42 Å². The van der Waals surface area contributed by atoms with E-state index in [-0.39, 0.29) is 23.3 Å². The molecule has 0 spiro atoms. The van der Waals surface area contributed by atoms with Crippen LogP contribution in [0, 0.1) is 0 Å². The van der Waals surface area contributed by atoms with E-state index in [1.165, 1.54) is 0 Å². The molecule has 0 saturated carbocycles. The first-order chi connectivity index (χ1) is 6.97. The fourth-order valence-electron chi connectivity index (χ4n) is 1.25. The van der Waals surface area contributed by atoms with Crippen molar-refractivity contribution in [2.24, 2.45) is 0 Å². The lowest BCUT2D eigenvalue weighted by Gasteiger charge is -2.02. The zero-order chi connectivity index (χ0) is 11.6. The SMILES string of the molecule is CCC(O)c1nc(C(F)F)c(C(C)C)o1.